The van der Waals surface area contributed by atoms with E-state index in [0.717, 1.165) is 0 Å². The van der Waals surface area contributed by atoms with Gasteiger partial charge in [0.25, 0.3) is 0 Å². The van der Waals surface area contributed by atoms with Crippen LogP contribution in [0.2, 0.25) is 0 Å². The number of hydrogen-bond donors (Lipinski definition) is 17. The molecule has 22 N–H and O–H groups in total. The Labute approximate surface area is 578 Å². The molecule has 0 radical (unpaired) electrons. The van der Waals surface area contributed by atoms with Gasteiger partial charge < -0.3 is 102 Å². The first kappa shape index (κ1) is 82.4. The molecule has 32 heteroatoms. The highest BCUT2D eigenvalue weighted by atomic mass is 16.3. The van der Waals surface area contributed by atoms with Gasteiger partial charge in [0, 0.05) is 32.5 Å². The maximum absolute atomic E-state index is 14.8. The summed E-state index contributed by atoms with van der Waals surface area (Å²) in [6.07, 6.45) is 2.74. The monoisotopic (exact) mass is 1390 g/mol. The second-order valence-corrected chi connectivity index (χ2v) is 26.3. The summed E-state index contributed by atoms with van der Waals surface area (Å²) in [5.41, 5.74) is 29.4. The number of unbranched alkanes of at least 4 members (excludes halogenated alkanes) is 1. The van der Waals surface area contributed by atoms with Crippen LogP contribution in [0.5, 0.6) is 5.75 Å². The largest absolute Gasteiger partial charge is 0.508 e. The van der Waals surface area contributed by atoms with E-state index in [0.29, 0.717) is 43.2 Å². The molecule has 0 unspecified atom stereocenters. The summed E-state index contributed by atoms with van der Waals surface area (Å²) in [4.78, 5) is 174. The van der Waals surface area contributed by atoms with Gasteiger partial charge in [-0.2, -0.15) is 0 Å². The number of aliphatic imine (C=N–C) groups is 1. The molecule has 2 aromatic rings. The van der Waals surface area contributed by atoms with Crippen LogP contribution in [-0.4, -0.2) is 214 Å². The number of nitrogens with zero attached hydrogens (tertiary/aromatic N) is 3. The van der Waals surface area contributed by atoms with Crippen molar-refractivity contribution >= 4 is 76.8 Å². The van der Waals surface area contributed by atoms with E-state index in [9.17, 15) is 72.9 Å². The van der Waals surface area contributed by atoms with Crippen molar-refractivity contribution < 1.29 is 72.9 Å². The van der Waals surface area contributed by atoms with Gasteiger partial charge in [-0.1, -0.05) is 90.4 Å². The molecule has 0 saturated carbocycles. The van der Waals surface area contributed by atoms with E-state index >= 15 is 0 Å². The third-order valence-electron chi connectivity index (χ3n) is 17.3. The first-order chi connectivity index (χ1) is 46.9. The summed E-state index contributed by atoms with van der Waals surface area (Å²) in [5.74, 6) is -10.4. The van der Waals surface area contributed by atoms with Gasteiger partial charge in [-0.05, 0) is 125 Å². The number of aromatic hydroxyl groups is 1. The van der Waals surface area contributed by atoms with Crippen molar-refractivity contribution in [3.05, 3.63) is 65.7 Å². The second-order valence-electron chi connectivity index (χ2n) is 26.3. The van der Waals surface area contributed by atoms with Crippen molar-refractivity contribution in [2.75, 3.05) is 39.4 Å². The lowest BCUT2D eigenvalue weighted by atomic mass is 9.97. The predicted octanol–water partition coefficient (Wildman–Crippen LogP) is -3.34. The predicted molar refractivity (Wildman–Crippen MR) is 367 cm³/mol. The number of nitrogens with two attached hydrogens (primary N) is 5. The van der Waals surface area contributed by atoms with Crippen LogP contribution in [0.4, 0.5) is 0 Å². The molecule has 2 aliphatic heterocycles. The number of amides is 12. The summed E-state index contributed by atoms with van der Waals surface area (Å²) in [5, 5.41) is 53.9. The zero-order chi connectivity index (χ0) is 73.6. The van der Waals surface area contributed by atoms with Gasteiger partial charge >= 0.3 is 0 Å². The van der Waals surface area contributed by atoms with Crippen LogP contribution < -0.4 is 76.5 Å². The summed E-state index contributed by atoms with van der Waals surface area (Å²) in [6, 6.07) is -0.776. The van der Waals surface area contributed by atoms with Crippen LogP contribution in [0.3, 0.4) is 0 Å². The lowest BCUT2D eigenvalue weighted by Gasteiger charge is -2.32. The van der Waals surface area contributed by atoms with E-state index in [1.54, 1.807) is 44.2 Å². The van der Waals surface area contributed by atoms with Crippen LogP contribution in [0.25, 0.3) is 0 Å². The Bertz CT molecular complexity index is 3060. The van der Waals surface area contributed by atoms with Gasteiger partial charge in [0.1, 0.15) is 78.3 Å². The Kier molecular flexibility index (Phi) is 34.5. The third kappa shape index (κ3) is 26.6. The molecular formula is C67H107N17O15. The Hall–Kier alpha value is -9.01. The maximum atomic E-state index is 14.8. The molecule has 2 fully saturated rings. The SMILES string of the molecule is CC[C@H](C)[C@H](NC(=O)[C@@H](N)CO)C(=O)N[C@@H](CCCCN)C(=O)N1CCC[C@H]1C(=O)N[C@@H](CO)C(=O)N[C@@H](C)C(=O)N[C@@H](Cc1ccc(O)cc1)C(=O)N[C@@H](CC(C)C)C(=O)N1CCC[C@H]1C(=O)N[C@@H](CC(C)C)C(=O)N[C@@H](CCCN=C(N)N)C(=O)N[C@@H](Cc1ccccc1)C(N)=O. The normalized spacial score (nSPS) is 17.7. The number of likely N-dealkylation sites (tertiary alicyclic amines) is 2. The number of hydrogen-bond acceptors (Lipinski definition) is 18. The molecule has 2 aliphatic rings. The van der Waals surface area contributed by atoms with Gasteiger partial charge in [-0.3, -0.25) is 62.5 Å². The first-order valence-corrected chi connectivity index (χ1v) is 34.1. The molecule has 0 spiro atoms. The molecule has 550 valence electrons. The van der Waals surface area contributed by atoms with Crippen LogP contribution >= 0.6 is 0 Å². The molecule has 32 nitrogen and oxygen atoms in total. The minimum atomic E-state index is -1.66. The molecular weight excluding hydrogens is 1280 g/mol. The summed E-state index contributed by atoms with van der Waals surface area (Å²) < 4.78 is 0. The van der Waals surface area contributed by atoms with Gasteiger partial charge in [-0.25, -0.2) is 0 Å². The Morgan fingerprint density at radius 3 is 1.56 bits per heavy atom. The van der Waals surface area contributed by atoms with Gasteiger partial charge in [0.05, 0.1) is 13.2 Å². The molecule has 0 aromatic heterocycles. The van der Waals surface area contributed by atoms with Crippen LogP contribution in [0, 0.1) is 17.8 Å². The minimum absolute atomic E-state index is 0.0113. The summed E-state index contributed by atoms with van der Waals surface area (Å²) in [6.45, 7) is 11.0. The standard InChI is InChI=1S/C67H107N17O15/c1-8-39(6)54(82-57(90)44(69)35-85)64(97)76-46(19-12-13-27-68)65(98)83-29-15-22-53(83)63(96)81-51(36-86)61(94)74-40(7)56(89)78-49(34-42-23-25-43(87)26-24-42)60(93)80-50(32-38(4)5)66(99)84-30-16-21-52(84)62(95)79-48(31-37(2)3)59(92)75-45(20-14-28-73-67(71)72)58(91)77-47(55(70)88)33-41-17-10-9-11-18-41/h9-11,17-18,23-26,37-40,44-54,85-87H,8,12-16,19-22,27-36,68-69H2,1-7H3,(H2,70,88)(H,74,94)(H,75,92)(H,76,97)(H,77,91)(H,78,89)(H,79,95)(H,80,93)(H,81,96)(H,82,90)(H4,71,72,73)/t39-,40-,44-,45-,46-,47-,48-,49-,50-,51-,52-,53-,54-/m0/s1. The van der Waals surface area contributed by atoms with Crippen molar-refractivity contribution in [3.8, 4) is 5.75 Å². The molecule has 4 rings (SSSR count). The van der Waals surface area contributed by atoms with E-state index < -0.39 is 163 Å². The lowest BCUT2D eigenvalue weighted by Crippen LogP contribution is -2.61. The van der Waals surface area contributed by atoms with E-state index in [4.69, 9.17) is 28.7 Å². The van der Waals surface area contributed by atoms with Crippen molar-refractivity contribution in [1.82, 2.24) is 57.7 Å². The van der Waals surface area contributed by atoms with Gasteiger partial charge in [0.15, 0.2) is 5.96 Å². The number of primary amides is 1. The minimum Gasteiger partial charge on any atom is -0.508 e. The molecule has 0 aliphatic carbocycles. The number of rotatable bonds is 41. The number of carbonyl (C=O) groups excluding carboxylic acids is 12. The fourth-order valence-electron chi connectivity index (χ4n) is 11.6. The van der Waals surface area contributed by atoms with Crippen LogP contribution in [0.1, 0.15) is 137 Å². The number of aliphatic hydroxyl groups excluding tert-OH is 2. The number of nitrogens with one attached hydrogen (secondary N) is 9. The fraction of sp³-hybridized carbons (Fsp3) is 0.627. The molecule has 12 amide bonds. The topological polar surface area (TPSA) is 523 Å². The molecule has 13 atom stereocenters. The highest BCUT2D eigenvalue weighted by molar-refractivity contribution is 6.00. The van der Waals surface area contributed by atoms with E-state index in [1.807, 2.05) is 27.7 Å². The first-order valence-electron chi connectivity index (χ1n) is 34.1. The van der Waals surface area contributed by atoms with Crippen LogP contribution in [-0.2, 0) is 70.4 Å². The van der Waals surface area contributed by atoms with Gasteiger partial charge in [0.2, 0.25) is 70.9 Å². The van der Waals surface area contributed by atoms with Gasteiger partial charge in [-0.15, -0.1) is 0 Å². The zero-order valence-electron chi connectivity index (χ0n) is 58.0. The lowest BCUT2D eigenvalue weighted by molar-refractivity contribution is -0.143. The number of aliphatic hydroxyl groups is 2. The highest BCUT2D eigenvalue weighted by Gasteiger charge is 2.43. The molecule has 2 heterocycles. The average Bonchev–Trinajstić information content (AvgIpc) is 1.76. The number of guanidine groups is 1. The van der Waals surface area contributed by atoms with E-state index in [-0.39, 0.29) is 108 Å². The van der Waals surface area contributed by atoms with Crippen molar-refractivity contribution in [1.29, 1.82) is 0 Å². The maximum Gasteiger partial charge on any atom is 0.245 e. The molecule has 0 bridgehead atoms. The smallest absolute Gasteiger partial charge is 0.245 e. The van der Waals surface area contributed by atoms with Crippen molar-refractivity contribution in [2.24, 2.45) is 51.4 Å². The van der Waals surface area contributed by atoms with Crippen molar-refractivity contribution in [3.63, 3.8) is 0 Å². The highest BCUT2D eigenvalue weighted by Crippen LogP contribution is 2.24. The van der Waals surface area contributed by atoms with Crippen molar-refractivity contribution in [2.45, 2.75) is 211 Å². The Morgan fingerprint density at radius 1 is 0.525 bits per heavy atom. The summed E-state index contributed by atoms with van der Waals surface area (Å²) in [7, 11) is 0. The number of benzene rings is 2. The summed E-state index contributed by atoms with van der Waals surface area (Å²) >= 11 is 0. The van der Waals surface area contributed by atoms with E-state index in [1.165, 1.54) is 41.0 Å². The molecule has 99 heavy (non-hydrogen) atoms. The average molecular weight is 1390 g/mol. The zero-order valence-corrected chi connectivity index (χ0v) is 58.0. The molecule has 2 aromatic carbocycles. The second kappa shape index (κ2) is 41.4. The van der Waals surface area contributed by atoms with Crippen LogP contribution in [0.15, 0.2) is 59.6 Å². The Morgan fingerprint density at radius 2 is 1.01 bits per heavy atom. The number of carbonyl (C=O) groups is 12. The fourth-order valence-corrected chi connectivity index (χ4v) is 11.6. The Balaban J connectivity index is 1.51. The number of phenols is 1. The quantitative estimate of drug-likeness (QED) is 0.0176. The third-order valence-corrected chi connectivity index (χ3v) is 17.3. The number of phenolic OH excluding ortho intramolecular Hbond substituents is 1. The molecule has 2 saturated heterocycles. The van der Waals surface area contributed by atoms with E-state index in [2.05, 4.69) is 52.8 Å².